The van der Waals surface area contributed by atoms with Gasteiger partial charge in [-0.3, -0.25) is 4.40 Å². The highest BCUT2D eigenvalue weighted by Crippen LogP contribution is 2.41. The van der Waals surface area contributed by atoms with Gasteiger partial charge in [-0.05, 0) is 37.0 Å². The van der Waals surface area contributed by atoms with E-state index in [0.29, 0.717) is 0 Å². The second-order valence-electron chi connectivity index (χ2n) is 5.33. The predicted octanol–water partition coefficient (Wildman–Crippen LogP) is 4.11. The highest BCUT2D eigenvalue weighted by molar-refractivity contribution is 7.17. The topological polar surface area (TPSA) is 17.3 Å². The van der Waals surface area contributed by atoms with Crippen LogP contribution < -0.4 is 0 Å². The number of imidazole rings is 1. The largest absolute Gasteiger partial charge is 0.290 e. The molecule has 2 nitrogen and oxygen atoms in total. The Morgan fingerprint density at radius 1 is 1.21 bits per heavy atom. The summed E-state index contributed by atoms with van der Waals surface area (Å²) in [6.45, 7) is 0. The van der Waals surface area contributed by atoms with Gasteiger partial charge < -0.3 is 0 Å². The van der Waals surface area contributed by atoms with E-state index in [1.54, 1.807) is 4.88 Å². The first-order valence-corrected chi connectivity index (χ1v) is 7.81. The summed E-state index contributed by atoms with van der Waals surface area (Å²) in [4.78, 5) is 7.58. The third-order valence-electron chi connectivity index (χ3n) is 4.25. The zero-order valence-corrected chi connectivity index (χ0v) is 11.8. The lowest BCUT2D eigenvalue weighted by Crippen LogP contribution is -1.94. The van der Waals surface area contributed by atoms with Gasteiger partial charge in [0.25, 0.3) is 0 Å². The van der Waals surface area contributed by atoms with Gasteiger partial charge in [0.1, 0.15) is 0 Å². The summed E-state index contributed by atoms with van der Waals surface area (Å²) in [5, 5.41) is 0.820. The molecule has 0 unspecified atom stereocenters. The molecule has 2 aromatic heterocycles. The molecule has 2 heterocycles. The molecule has 1 aromatic carbocycles. The van der Waals surface area contributed by atoms with Gasteiger partial charge in [-0.25, -0.2) is 4.98 Å². The van der Waals surface area contributed by atoms with Crippen molar-refractivity contribution in [2.24, 2.45) is 0 Å². The molecule has 0 radical (unpaired) electrons. The van der Waals surface area contributed by atoms with Gasteiger partial charge in [0.05, 0.1) is 11.4 Å². The van der Waals surface area contributed by atoms with Crippen molar-refractivity contribution in [2.45, 2.75) is 25.7 Å². The van der Waals surface area contributed by atoms with Crippen molar-refractivity contribution in [1.29, 1.82) is 0 Å². The molecule has 19 heavy (non-hydrogen) atoms. The minimum atomic E-state index is 0.820. The molecule has 0 atom stereocenters. The minimum absolute atomic E-state index is 0.820. The Morgan fingerprint density at radius 2 is 2.16 bits per heavy atom. The highest BCUT2D eigenvalue weighted by Gasteiger charge is 2.28. The third kappa shape index (κ3) is 1.25. The van der Waals surface area contributed by atoms with Crippen LogP contribution in [0.5, 0.6) is 0 Å². The molecule has 0 bridgehead atoms. The highest BCUT2D eigenvalue weighted by atomic mass is 35.5. The monoisotopic (exact) mass is 286 g/mol. The van der Waals surface area contributed by atoms with E-state index in [1.165, 1.54) is 52.4 Å². The van der Waals surface area contributed by atoms with Gasteiger partial charge in [0.2, 0.25) is 0 Å². The van der Waals surface area contributed by atoms with Crippen molar-refractivity contribution in [3.8, 4) is 11.3 Å². The van der Waals surface area contributed by atoms with Crippen LogP contribution in [-0.2, 0) is 19.3 Å². The molecule has 94 valence electrons. The van der Waals surface area contributed by atoms with Crippen molar-refractivity contribution < 1.29 is 0 Å². The van der Waals surface area contributed by atoms with Gasteiger partial charge in [0, 0.05) is 27.6 Å². The van der Waals surface area contributed by atoms with Gasteiger partial charge in [-0.2, -0.15) is 0 Å². The number of halogens is 1. The lowest BCUT2D eigenvalue weighted by atomic mass is 10.1. The standard InChI is InChI=1S/C15H11ClN2S/c16-9-4-5-10-8(6-9)7-12-14(10)17-15-18(12)11-2-1-3-13(11)19-15/h4-6H,1-3,7H2. The zero-order chi connectivity index (χ0) is 12.6. The molecular weight excluding hydrogens is 276 g/mol. The maximum absolute atomic E-state index is 6.10. The third-order valence-corrected chi connectivity index (χ3v) is 5.62. The van der Waals surface area contributed by atoms with E-state index < -0.39 is 0 Å². The maximum atomic E-state index is 6.10. The number of nitrogens with zero attached hydrogens (tertiary/aromatic N) is 2. The van der Waals surface area contributed by atoms with E-state index >= 15 is 0 Å². The number of aromatic nitrogens is 2. The summed E-state index contributed by atoms with van der Waals surface area (Å²) in [6.07, 6.45) is 4.70. The second kappa shape index (κ2) is 3.41. The summed E-state index contributed by atoms with van der Waals surface area (Å²) in [5.74, 6) is 0. The first-order valence-electron chi connectivity index (χ1n) is 6.62. The number of hydrogen-bond acceptors (Lipinski definition) is 2. The molecular formula is C15H11ClN2S. The average molecular weight is 287 g/mol. The zero-order valence-electron chi connectivity index (χ0n) is 10.2. The average Bonchev–Trinajstić information content (AvgIpc) is 3.05. The van der Waals surface area contributed by atoms with Crippen LogP contribution in [-0.4, -0.2) is 9.38 Å². The number of aryl methyl sites for hydroxylation is 2. The maximum Gasteiger partial charge on any atom is 0.194 e. The Morgan fingerprint density at radius 3 is 3.11 bits per heavy atom. The fourth-order valence-electron chi connectivity index (χ4n) is 3.43. The summed E-state index contributed by atoms with van der Waals surface area (Å²) < 4.78 is 2.41. The number of rotatable bonds is 0. The number of thiazole rings is 1. The SMILES string of the molecule is Clc1ccc2c(c1)Cc1c-2nc2sc3c(n12)CCC3. The number of benzene rings is 1. The van der Waals surface area contributed by atoms with E-state index in [0.717, 1.165) is 11.4 Å². The molecule has 5 rings (SSSR count). The van der Waals surface area contributed by atoms with Gasteiger partial charge in [0.15, 0.2) is 4.96 Å². The summed E-state index contributed by atoms with van der Waals surface area (Å²) in [5.41, 5.74) is 6.63. The molecule has 2 aliphatic rings. The number of fused-ring (bicyclic) bond motifs is 7. The van der Waals surface area contributed by atoms with Gasteiger partial charge in [-0.15, -0.1) is 11.3 Å². The Kier molecular flexibility index (Phi) is 1.88. The minimum Gasteiger partial charge on any atom is -0.290 e. The fraction of sp³-hybridized carbons (Fsp3) is 0.267. The first-order chi connectivity index (χ1) is 9.31. The second-order valence-corrected chi connectivity index (χ2v) is 6.83. The van der Waals surface area contributed by atoms with Gasteiger partial charge >= 0.3 is 0 Å². The molecule has 0 spiro atoms. The smallest absolute Gasteiger partial charge is 0.194 e. The molecule has 0 saturated heterocycles. The van der Waals surface area contributed by atoms with E-state index in [4.69, 9.17) is 16.6 Å². The van der Waals surface area contributed by atoms with Crippen molar-refractivity contribution >= 4 is 27.9 Å². The summed E-state index contributed by atoms with van der Waals surface area (Å²) in [7, 11) is 0. The van der Waals surface area contributed by atoms with E-state index in [2.05, 4.69) is 16.5 Å². The van der Waals surface area contributed by atoms with Crippen LogP contribution in [0.15, 0.2) is 18.2 Å². The van der Waals surface area contributed by atoms with E-state index in [9.17, 15) is 0 Å². The molecule has 0 fully saturated rings. The lowest BCUT2D eigenvalue weighted by Gasteiger charge is -1.99. The van der Waals surface area contributed by atoms with Crippen LogP contribution in [0, 0.1) is 0 Å². The summed E-state index contributed by atoms with van der Waals surface area (Å²) >= 11 is 7.97. The molecule has 4 heteroatoms. The Hall–Kier alpha value is -1.32. The van der Waals surface area contributed by atoms with Crippen molar-refractivity contribution in [1.82, 2.24) is 9.38 Å². The molecule has 0 N–H and O–H groups in total. The lowest BCUT2D eigenvalue weighted by molar-refractivity contribution is 0.877. The Bertz CT molecular complexity index is 844. The number of hydrogen-bond donors (Lipinski definition) is 0. The van der Waals surface area contributed by atoms with Crippen LogP contribution in [0.1, 0.15) is 28.2 Å². The van der Waals surface area contributed by atoms with Crippen LogP contribution in [0.25, 0.3) is 16.2 Å². The predicted molar refractivity (Wildman–Crippen MR) is 78.3 cm³/mol. The van der Waals surface area contributed by atoms with Crippen molar-refractivity contribution in [2.75, 3.05) is 0 Å². The molecule has 3 aromatic rings. The molecule has 2 aliphatic carbocycles. The van der Waals surface area contributed by atoms with Gasteiger partial charge in [-0.1, -0.05) is 17.7 Å². The fourth-order valence-corrected chi connectivity index (χ4v) is 4.85. The van der Waals surface area contributed by atoms with Crippen LogP contribution in [0.3, 0.4) is 0 Å². The Balaban J connectivity index is 1.83. The first kappa shape index (κ1) is 10.5. The molecule has 0 aliphatic heterocycles. The quantitative estimate of drug-likeness (QED) is 0.475. The normalized spacial score (nSPS) is 15.8. The van der Waals surface area contributed by atoms with E-state index in [1.807, 2.05) is 17.4 Å². The van der Waals surface area contributed by atoms with Crippen molar-refractivity contribution in [3.63, 3.8) is 0 Å². The van der Waals surface area contributed by atoms with Crippen molar-refractivity contribution in [3.05, 3.63) is 45.1 Å². The van der Waals surface area contributed by atoms with E-state index in [-0.39, 0.29) is 0 Å². The van der Waals surface area contributed by atoms with Crippen LogP contribution in [0.2, 0.25) is 5.02 Å². The summed E-state index contributed by atoms with van der Waals surface area (Å²) in [6, 6.07) is 6.16. The molecule has 0 amide bonds. The van der Waals surface area contributed by atoms with Crippen LogP contribution in [0.4, 0.5) is 0 Å². The Labute approximate surface area is 119 Å². The van der Waals surface area contributed by atoms with Crippen LogP contribution >= 0.6 is 22.9 Å². The molecule has 0 saturated carbocycles.